The summed E-state index contributed by atoms with van der Waals surface area (Å²) < 4.78 is 50.6. The molecule has 0 amide bonds. The molecule has 4 atom stereocenters. The highest BCUT2D eigenvalue weighted by atomic mass is 35.5. The fourth-order valence-corrected chi connectivity index (χ4v) is 5.86. The van der Waals surface area contributed by atoms with Crippen molar-refractivity contribution in [2.24, 2.45) is 11.8 Å². The van der Waals surface area contributed by atoms with Gasteiger partial charge in [0.1, 0.15) is 18.1 Å². The first-order valence-electron chi connectivity index (χ1n) is 14.7. The van der Waals surface area contributed by atoms with Crippen LogP contribution < -0.4 is 14.8 Å². The second kappa shape index (κ2) is 15.1. The van der Waals surface area contributed by atoms with E-state index in [4.69, 9.17) is 9.47 Å². The van der Waals surface area contributed by atoms with Crippen molar-refractivity contribution < 1.29 is 32.5 Å². The molecular weight excluding hydrogens is 628 g/mol. The van der Waals surface area contributed by atoms with Crippen molar-refractivity contribution in [3.8, 4) is 11.5 Å². The summed E-state index contributed by atoms with van der Waals surface area (Å²) in [7, 11) is 0. The van der Waals surface area contributed by atoms with Crippen LogP contribution in [0, 0.1) is 11.8 Å². The van der Waals surface area contributed by atoms with Gasteiger partial charge in [-0.15, -0.1) is 24.8 Å². The molecule has 1 heterocycles. The van der Waals surface area contributed by atoms with Gasteiger partial charge in [-0.1, -0.05) is 63.2 Å². The molecule has 1 saturated heterocycles. The molecule has 1 aliphatic carbocycles. The number of hydrogen-bond acceptors (Lipinski definition) is 5. The Morgan fingerprint density at radius 1 is 0.911 bits per heavy atom. The van der Waals surface area contributed by atoms with Crippen LogP contribution in [-0.2, 0) is 29.4 Å². The topological polar surface area (TPSA) is 71.0 Å². The third-order valence-corrected chi connectivity index (χ3v) is 8.30. The Labute approximate surface area is 275 Å². The number of ether oxygens (including phenoxy) is 2. The number of likely N-dealkylation sites (tertiary alicyclic amines) is 1. The van der Waals surface area contributed by atoms with Gasteiger partial charge in [0.15, 0.2) is 6.10 Å². The summed E-state index contributed by atoms with van der Waals surface area (Å²) in [6.07, 6.45) is -5.09. The second-order valence-corrected chi connectivity index (χ2v) is 12.6. The zero-order chi connectivity index (χ0) is 30.8. The number of nitrogens with one attached hydrogen (secondary N) is 1. The highest BCUT2D eigenvalue weighted by Crippen LogP contribution is 2.45. The molecule has 2 fully saturated rings. The minimum Gasteiger partial charge on any atom is -0.492 e. The molecule has 0 spiro atoms. The summed E-state index contributed by atoms with van der Waals surface area (Å²) in [6, 6.07) is 20.9. The van der Waals surface area contributed by atoms with Crippen LogP contribution in [0.4, 0.5) is 13.2 Å². The lowest BCUT2D eigenvalue weighted by Crippen LogP contribution is -2.33. The van der Waals surface area contributed by atoms with E-state index < -0.39 is 23.8 Å². The van der Waals surface area contributed by atoms with Crippen LogP contribution in [0.5, 0.6) is 11.5 Å². The number of nitrogens with zero attached hydrogens (tertiary/aromatic N) is 1. The zero-order valence-electron chi connectivity index (χ0n) is 25.5. The van der Waals surface area contributed by atoms with E-state index in [0.717, 1.165) is 30.3 Å². The number of carboxylic acids is 1. The molecule has 0 radical (unpaired) electrons. The van der Waals surface area contributed by atoms with Gasteiger partial charge in [-0.25, -0.2) is 4.79 Å². The number of hydrogen-bond donors (Lipinski definition) is 2. The molecule has 1 aliphatic heterocycles. The number of rotatable bonds is 12. The molecule has 1 saturated carbocycles. The second-order valence-electron chi connectivity index (χ2n) is 12.6. The monoisotopic (exact) mass is 668 g/mol. The maximum atomic E-state index is 13.0. The van der Waals surface area contributed by atoms with Gasteiger partial charge in [0.25, 0.3) is 0 Å². The number of piperidine rings is 1. The summed E-state index contributed by atoms with van der Waals surface area (Å²) >= 11 is 0. The number of aliphatic carboxylic acids is 1. The summed E-state index contributed by atoms with van der Waals surface area (Å²) in [5.74, 6) is 1.25. The molecule has 2 aliphatic rings. The maximum absolute atomic E-state index is 13.0. The Morgan fingerprint density at radius 2 is 1.53 bits per heavy atom. The maximum Gasteiger partial charge on any atom is 0.416 e. The summed E-state index contributed by atoms with van der Waals surface area (Å²) in [4.78, 5) is 14.1. The molecule has 1 unspecified atom stereocenters. The number of alkyl halides is 3. The fourth-order valence-electron chi connectivity index (χ4n) is 5.86. The van der Waals surface area contributed by atoms with E-state index in [2.05, 4.69) is 31.0 Å². The van der Waals surface area contributed by atoms with E-state index in [-0.39, 0.29) is 36.6 Å². The minimum atomic E-state index is -4.32. The molecule has 45 heavy (non-hydrogen) atoms. The first-order valence-corrected chi connectivity index (χ1v) is 14.7. The fraction of sp³-hybridized carbons (Fsp3) is 0.441. The van der Waals surface area contributed by atoms with Gasteiger partial charge in [-0.05, 0) is 64.3 Å². The lowest BCUT2D eigenvalue weighted by molar-refractivity contribution is -0.145. The number of halogens is 5. The smallest absolute Gasteiger partial charge is 0.416 e. The van der Waals surface area contributed by atoms with Gasteiger partial charge in [-0.3, -0.25) is 4.90 Å². The molecule has 11 heteroatoms. The Kier molecular flexibility index (Phi) is 12.2. The van der Waals surface area contributed by atoms with Gasteiger partial charge in [0.2, 0.25) is 0 Å². The molecule has 0 bridgehead atoms. The van der Waals surface area contributed by atoms with Gasteiger partial charge in [-0.2, -0.15) is 13.2 Å². The highest BCUT2D eigenvalue weighted by molar-refractivity contribution is 5.85. The van der Waals surface area contributed by atoms with Crippen LogP contribution in [-0.4, -0.2) is 54.4 Å². The zero-order valence-corrected chi connectivity index (χ0v) is 27.2. The lowest BCUT2D eigenvalue weighted by Gasteiger charge is -2.20. The average molecular weight is 670 g/mol. The van der Waals surface area contributed by atoms with Crippen molar-refractivity contribution in [3.63, 3.8) is 0 Å². The molecule has 246 valence electrons. The quantitative estimate of drug-likeness (QED) is 0.202. The largest absolute Gasteiger partial charge is 0.492 e. The number of fused-ring (bicyclic) bond motifs is 1. The van der Waals surface area contributed by atoms with E-state index in [1.54, 1.807) is 6.07 Å². The van der Waals surface area contributed by atoms with Gasteiger partial charge < -0.3 is 19.9 Å². The van der Waals surface area contributed by atoms with Crippen molar-refractivity contribution in [1.29, 1.82) is 0 Å². The Bertz CT molecular complexity index is 1390. The first-order chi connectivity index (χ1) is 20.4. The SMILES string of the molecule is CC(C)(C)c1ccc(O[C@@H](Cc2ccc(OCCN[C@H]3C4CN(Cc5cccc(C(F)(F)F)c5)C[C@@H]43)cc2)C(=O)O)cc1.Cl.Cl. The van der Waals surface area contributed by atoms with Crippen LogP contribution in [0.15, 0.2) is 72.8 Å². The van der Waals surface area contributed by atoms with Gasteiger partial charge >= 0.3 is 12.1 Å². The molecule has 5 rings (SSSR count). The van der Waals surface area contributed by atoms with Crippen molar-refractivity contribution in [2.75, 3.05) is 26.2 Å². The van der Waals surface area contributed by atoms with Crippen molar-refractivity contribution >= 4 is 30.8 Å². The van der Waals surface area contributed by atoms with Crippen LogP contribution in [0.1, 0.15) is 43.0 Å². The van der Waals surface area contributed by atoms with Crippen molar-refractivity contribution in [2.45, 2.75) is 57.5 Å². The summed E-state index contributed by atoms with van der Waals surface area (Å²) in [5, 5.41) is 13.3. The van der Waals surface area contributed by atoms with E-state index in [1.807, 2.05) is 48.5 Å². The van der Waals surface area contributed by atoms with Gasteiger partial charge in [0.05, 0.1) is 5.56 Å². The molecule has 0 aromatic heterocycles. The van der Waals surface area contributed by atoms with E-state index >= 15 is 0 Å². The van der Waals surface area contributed by atoms with Crippen LogP contribution in [0.3, 0.4) is 0 Å². The third kappa shape index (κ3) is 9.75. The predicted octanol–water partition coefficient (Wildman–Crippen LogP) is 7.02. The summed E-state index contributed by atoms with van der Waals surface area (Å²) in [6.45, 7) is 9.84. The Hall–Kier alpha value is -2.98. The Balaban J connectivity index is 0.00000276. The number of carboxylic acid groups (broad SMARTS) is 1. The molecule has 6 nitrogen and oxygen atoms in total. The van der Waals surface area contributed by atoms with E-state index in [9.17, 15) is 23.1 Å². The van der Waals surface area contributed by atoms with Crippen molar-refractivity contribution in [1.82, 2.24) is 10.2 Å². The predicted molar refractivity (Wildman–Crippen MR) is 173 cm³/mol. The molecule has 3 aromatic rings. The molecular formula is C34H41Cl2F3N2O4. The van der Waals surface area contributed by atoms with E-state index in [1.165, 1.54) is 12.1 Å². The van der Waals surface area contributed by atoms with E-state index in [0.29, 0.717) is 54.6 Å². The first kappa shape index (κ1) is 36.5. The molecule has 3 aromatic carbocycles. The summed E-state index contributed by atoms with van der Waals surface area (Å²) in [5.41, 5.74) is 2.09. The van der Waals surface area contributed by atoms with Gasteiger partial charge in [0, 0.05) is 38.6 Å². The average Bonchev–Trinajstić information content (AvgIpc) is 3.40. The Morgan fingerprint density at radius 3 is 2.11 bits per heavy atom. The van der Waals surface area contributed by atoms with Crippen LogP contribution in [0.2, 0.25) is 0 Å². The normalized spacial score (nSPS) is 19.9. The highest BCUT2D eigenvalue weighted by Gasteiger charge is 2.55. The minimum absolute atomic E-state index is 0. The standard InChI is InChI=1S/C34H39F3N2O4.2ClH/c1-33(2,3)24-9-13-27(14-10-24)43-30(32(40)41)18-22-7-11-26(12-8-22)42-16-15-38-31-28-20-39(21-29(28)31)19-23-5-4-6-25(17-23)34(35,36)37;;/h4-14,17,28-31,38H,15-16,18-21H2,1-3H3,(H,40,41);2*1H/t28-,29?,30-,31+;;/m0../s1. The van der Waals surface area contributed by atoms with Crippen LogP contribution in [0.25, 0.3) is 0 Å². The van der Waals surface area contributed by atoms with Crippen molar-refractivity contribution in [3.05, 3.63) is 95.1 Å². The van der Waals surface area contributed by atoms with Crippen LogP contribution >= 0.6 is 24.8 Å². The number of carbonyl (C=O) groups is 1. The number of benzene rings is 3. The third-order valence-electron chi connectivity index (χ3n) is 8.30. The lowest BCUT2D eigenvalue weighted by atomic mass is 9.87. The molecule has 2 N–H and O–H groups in total.